The molecule has 0 radical (unpaired) electrons. The number of fused-ring (bicyclic) bond motifs is 1. The second kappa shape index (κ2) is 13.3. The lowest BCUT2D eigenvalue weighted by molar-refractivity contribution is -0.147. The normalized spacial score (nSPS) is 30.1. The zero-order valence-electron chi connectivity index (χ0n) is 26.6. The highest BCUT2D eigenvalue weighted by atomic mass is 32.2. The van der Waals surface area contributed by atoms with Gasteiger partial charge in [0.25, 0.3) is 0 Å². The summed E-state index contributed by atoms with van der Waals surface area (Å²) in [5, 5.41) is 10.5. The number of aliphatic hydroxyl groups excluding tert-OH is 1. The highest BCUT2D eigenvalue weighted by Gasteiger charge is 2.78. The van der Waals surface area contributed by atoms with E-state index in [0.29, 0.717) is 32.5 Å². The maximum Gasteiger partial charge on any atom is 0.247 e. The highest BCUT2D eigenvalue weighted by molar-refractivity contribution is 8.02. The Balaban J connectivity index is 1.56. The average molecular weight is 624 g/mol. The highest BCUT2D eigenvalue weighted by Crippen LogP contribution is 2.72. The summed E-state index contributed by atoms with van der Waals surface area (Å²) in [5.41, 5.74) is 0.718. The topological polar surface area (TPSA) is 90.4 Å². The summed E-state index contributed by atoms with van der Waals surface area (Å²) in [4.78, 5) is 49.6. The fourth-order valence-corrected chi connectivity index (χ4v) is 10.8. The molecular formula is C35H49N3O5S. The Morgan fingerprint density at radius 1 is 1.09 bits per heavy atom. The molecule has 8 nitrogen and oxygen atoms in total. The maximum atomic E-state index is 14.8. The Hall–Kier alpha value is -2.78. The quantitative estimate of drug-likeness (QED) is 0.304. The van der Waals surface area contributed by atoms with Crippen molar-refractivity contribution >= 4 is 35.2 Å². The number of benzene rings is 1. The Labute approximate surface area is 266 Å². The summed E-state index contributed by atoms with van der Waals surface area (Å²) < 4.78 is 4.38. The van der Waals surface area contributed by atoms with Gasteiger partial charge in [-0.15, -0.1) is 24.9 Å². The van der Waals surface area contributed by atoms with E-state index in [4.69, 9.17) is 4.74 Å². The molecule has 240 valence electrons. The number of carbonyl (C=O) groups excluding carboxylic acids is 3. The summed E-state index contributed by atoms with van der Waals surface area (Å²) in [7, 11) is 0. The number of likely N-dealkylation sites (tertiary alicyclic amines) is 1. The van der Waals surface area contributed by atoms with Crippen LogP contribution in [0.2, 0.25) is 0 Å². The van der Waals surface area contributed by atoms with Crippen LogP contribution in [0, 0.1) is 11.8 Å². The van der Waals surface area contributed by atoms with Crippen LogP contribution in [0.3, 0.4) is 0 Å². The molecule has 4 aliphatic rings. The molecule has 3 saturated heterocycles. The van der Waals surface area contributed by atoms with E-state index in [1.165, 1.54) is 6.42 Å². The van der Waals surface area contributed by atoms with Crippen LogP contribution >= 0.6 is 11.8 Å². The fourth-order valence-electron chi connectivity index (χ4n) is 8.44. The standard InChI is InChI=1S/C35H49N3O5S/c1-6-21-36(26-15-17-27(18-16-26)43-9-4)31(40)28-29-32(41)38(24(8-3)23-39)30(35(29)20-19-34(28,5)44-35)33(42)37(22-7-2)25-13-11-10-12-14-25/h6-7,15-18,24-25,28-30,39H,1-2,8-14,19-23H2,3-5H3/t24-,28-,29-,30?,34+,35?/m0/s1. The Kier molecular flexibility index (Phi) is 9.85. The van der Waals surface area contributed by atoms with E-state index in [9.17, 15) is 19.5 Å². The van der Waals surface area contributed by atoms with Crippen molar-refractivity contribution in [2.24, 2.45) is 11.8 Å². The molecule has 44 heavy (non-hydrogen) atoms. The van der Waals surface area contributed by atoms with Crippen LogP contribution in [0.1, 0.15) is 72.1 Å². The summed E-state index contributed by atoms with van der Waals surface area (Å²) >= 11 is 1.68. The molecule has 3 aliphatic heterocycles. The van der Waals surface area contributed by atoms with Crippen molar-refractivity contribution in [1.29, 1.82) is 0 Å². The maximum absolute atomic E-state index is 14.8. The van der Waals surface area contributed by atoms with Crippen LogP contribution in [0.5, 0.6) is 5.75 Å². The minimum absolute atomic E-state index is 0.0566. The number of anilines is 1. The minimum Gasteiger partial charge on any atom is -0.494 e. The number of nitrogens with zero attached hydrogens (tertiary/aromatic N) is 3. The molecule has 2 bridgehead atoms. The van der Waals surface area contributed by atoms with Crippen LogP contribution in [-0.2, 0) is 14.4 Å². The summed E-state index contributed by atoms with van der Waals surface area (Å²) in [5.74, 6) is -0.892. The molecule has 1 aliphatic carbocycles. The lowest BCUT2D eigenvalue weighted by atomic mass is 9.66. The van der Waals surface area contributed by atoms with Gasteiger partial charge in [0.05, 0.1) is 35.8 Å². The third-order valence-corrected chi connectivity index (χ3v) is 12.4. The lowest BCUT2D eigenvalue weighted by Crippen LogP contribution is -2.59. The van der Waals surface area contributed by atoms with Crippen molar-refractivity contribution in [2.75, 3.05) is 31.2 Å². The van der Waals surface area contributed by atoms with E-state index < -0.39 is 33.4 Å². The second-order valence-corrected chi connectivity index (χ2v) is 14.9. The first-order valence-corrected chi connectivity index (χ1v) is 17.2. The number of ether oxygens (including phenoxy) is 1. The minimum atomic E-state index is -0.738. The fraction of sp³-hybridized carbons (Fsp3) is 0.629. The molecule has 1 N–H and O–H groups in total. The van der Waals surface area contributed by atoms with Gasteiger partial charge in [0.1, 0.15) is 11.8 Å². The van der Waals surface area contributed by atoms with Gasteiger partial charge in [-0.3, -0.25) is 14.4 Å². The second-order valence-electron chi connectivity index (χ2n) is 13.0. The third kappa shape index (κ3) is 5.38. The average Bonchev–Trinajstić information content (AvgIpc) is 3.60. The van der Waals surface area contributed by atoms with Crippen LogP contribution in [-0.4, -0.2) is 86.6 Å². The number of thioether (sulfide) groups is 1. The lowest BCUT2D eigenvalue weighted by Gasteiger charge is -2.42. The zero-order chi connectivity index (χ0) is 31.6. The number of hydrogen-bond acceptors (Lipinski definition) is 6. The van der Waals surface area contributed by atoms with Crippen LogP contribution in [0.25, 0.3) is 0 Å². The number of carbonyl (C=O) groups is 3. The molecule has 9 heteroatoms. The summed E-state index contributed by atoms with van der Waals surface area (Å²) in [6, 6.07) is 6.32. The molecule has 3 amide bonds. The van der Waals surface area contributed by atoms with Gasteiger partial charge in [-0.2, -0.15) is 0 Å². The van der Waals surface area contributed by atoms with E-state index in [0.717, 1.165) is 43.5 Å². The van der Waals surface area contributed by atoms with Crippen molar-refractivity contribution in [3.63, 3.8) is 0 Å². The van der Waals surface area contributed by atoms with E-state index in [1.54, 1.807) is 33.7 Å². The van der Waals surface area contributed by atoms with Gasteiger partial charge in [0.2, 0.25) is 17.7 Å². The van der Waals surface area contributed by atoms with Crippen molar-refractivity contribution in [2.45, 2.75) is 99.8 Å². The molecule has 1 aromatic rings. The van der Waals surface area contributed by atoms with Gasteiger partial charge in [0, 0.05) is 29.6 Å². The molecule has 0 aromatic heterocycles. The van der Waals surface area contributed by atoms with Crippen LogP contribution in [0.15, 0.2) is 49.6 Å². The van der Waals surface area contributed by atoms with E-state index in [2.05, 4.69) is 20.1 Å². The number of hydrogen-bond donors (Lipinski definition) is 1. The van der Waals surface area contributed by atoms with Crippen molar-refractivity contribution in [1.82, 2.24) is 9.80 Å². The first-order valence-electron chi connectivity index (χ1n) is 16.4. The molecule has 1 saturated carbocycles. The Morgan fingerprint density at radius 3 is 2.36 bits per heavy atom. The molecule has 2 unspecified atom stereocenters. The van der Waals surface area contributed by atoms with Crippen molar-refractivity contribution < 1.29 is 24.2 Å². The molecule has 6 atom stereocenters. The first-order chi connectivity index (χ1) is 21.2. The van der Waals surface area contributed by atoms with Gasteiger partial charge >= 0.3 is 0 Å². The number of amides is 3. The molecule has 5 rings (SSSR count). The van der Waals surface area contributed by atoms with E-state index >= 15 is 0 Å². The molecule has 1 aromatic carbocycles. The predicted molar refractivity (Wildman–Crippen MR) is 176 cm³/mol. The third-order valence-electron chi connectivity index (χ3n) is 10.5. The van der Waals surface area contributed by atoms with Gasteiger partial charge in [0.15, 0.2) is 0 Å². The van der Waals surface area contributed by atoms with E-state index in [-0.39, 0.29) is 30.4 Å². The summed E-state index contributed by atoms with van der Waals surface area (Å²) in [6.45, 7) is 14.9. The largest absolute Gasteiger partial charge is 0.494 e. The SMILES string of the molecule is C=CCN(C(=O)[C@@H]1[C@H]2C(=O)N([C@@H](CC)CO)C(C(=O)N(CC=C)C3CCCCC3)C23CC[C@@]1(C)S3)c1ccc(OCC)cc1. The van der Waals surface area contributed by atoms with Gasteiger partial charge < -0.3 is 24.5 Å². The zero-order valence-corrected chi connectivity index (χ0v) is 27.4. The number of rotatable bonds is 13. The predicted octanol–water partition coefficient (Wildman–Crippen LogP) is 5.20. The molecular weight excluding hydrogens is 574 g/mol. The van der Waals surface area contributed by atoms with Gasteiger partial charge in [-0.25, -0.2) is 0 Å². The Bertz CT molecular complexity index is 1250. The van der Waals surface area contributed by atoms with Gasteiger partial charge in [-0.05, 0) is 70.2 Å². The van der Waals surface area contributed by atoms with Crippen LogP contribution < -0.4 is 9.64 Å². The summed E-state index contributed by atoms with van der Waals surface area (Å²) in [6.07, 6.45) is 10.6. The van der Waals surface area contributed by atoms with E-state index in [1.807, 2.05) is 43.0 Å². The van der Waals surface area contributed by atoms with Gasteiger partial charge in [-0.1, -0.05) is 38.3 Å². The Morgan fingerprint density at radius 2 is 1.77 bits per heavy atom. The van der Waals surface area contributed by atoms with Crippen molar-refractivity contribution in [3.05, 3.63) is 49.6 Å². The van der Waals surface area contributed by atoms with Crippen LogP contribution in [0.4, 0.5) is 5.69 Å². The molecule has 4 fully saturated rings. The monoisotopic (exact) mass is 623 g/mol. The first kappa shape index (κ1) is 32.6. The molecule has 1 spiro atoms. The number of aliphatic hydroxyl groups is 1. The van der Waals surface area contributed by atoms with Crippen molar-refractivity contribution in [3.8, 4) is 5.75 Å². The molecule has 3 heterocycles. The smallest absolute Gasteiger partial charge is 0.247 e.